The molecule has 1 aliphatic rings. The van der Waals surface area contributed by atoms with Crippen molar-refractivity contribution in [1.29, 1.82) is 0 Å². The quantitative estimate of drug-likeness (QED) is 0.276. The first-order valence-electron chi connectivity index (χ1n) is 11.9. The van der Waals surface area contributed by atoms with Crippen LogP contribution in [0.1, 0.15) is 36.1 Å². The zero-order valence-corrected chi connectivity index (χ0v) is 19.7. The van der Waals surface area contributed by atoms with Crippen LogP contribution in [-0.2, 0) is 4.79 Å². The van der Waals surface area contributed by atoms with Crippen LogP contribution in [-0.4, -0.2) is 16.1 Å². The van der Waals surface area contributed by atoms with Gasteiger partial charge < -0.3 is 15.1 Å². The lowest BCUT2D eigenvalue weighted by Crippen LogP contribution is -2.55. The highest BCUT2D eigenvalue weighted by atomic mass is 19.1. The summed E-state index contributed by atoms with van der Waals surface area (Å²) in [5.74, 6) is -2.09. The molecule has 188 valence electrons. The number of rotatable bonds is 7. The number of anilines is 1. The summed E-state index contributed by atoms with van der Waals surface area (Å²) in [6.45, 7) is 0. The van der Waals surface area contributed by atoms with Gasteiger partial charge in [-0.3, -0.25) is 4.79 Å². The fourth-order valence-electron chi connectivity index (χ4n) is 4.90. The zero-order valence-electron chi connectivity index (χ0n) is 19.7. The smallest absolute Gasteiger partial charge is 0.233 e. The minimum Gasteiger partial charge on any atom is -0.508 e. The summed E-state index contributed by atoms with van der Waals surface area (Å²) < 4.78 is 40.5. The summed E-state index contributed by atoms with van der Waals surface area (Å²) in [5.41, 5.74) is 3.17. The second kappa shape index (κ2) is 10.1. The minimum atomic E-state index is -0.850. The molecule has 4 aromatic carbocycles. The lowest BCUT2D eigenvalue weighted by molar-refractivity contribution is -0.131. The van der Waals surface area contributed by atoms with E-state index in [2.05, 4.69) is 0 Å². The maximum absolute atomic E-state index is 13.8. The highest BCUT2D eigenvalue weighted by Gasteiger charge is 2.48. The highest BCUT2D eigenvalue weighted by Crippen LogP contribution is 2.46. The van der Waals surface area contributed by atoms with Crippen LogP contribution < -0.4 is 4.90 Å². The Labute approximate surface area is 212 Å². The number of phenolic OH excluding ortho intramolecular Hbond substituents is 1. The van der Waals surface area contributed by atoms with Crippen molar-refractivity contribution in [3.8, 4) is 16.9 Å². The van der Waals surface area contributed by atoms with Crippen LogP contribution >= 0.6 is 0 Å². The van der Waals surface area contributed by atoms with Crippen molar-refractivity contribution >= 4 is 11.6 Å². The summed E-state index contributed by atoms with van der Waals surface area (Å²) in [6.07, 6.45) is -0.160. The second-order valence-corrected chi connectivity index (χ2v) is 9.20. The van der Waals surface area contributed by atoms with Gasteiger partial charge in [-0.05, 0) is 83.6 Å². The van der Waals surface area contributed by atoms with Crippen molar-refractivity contribution < 1.29 is 28.2 Å². The van der Waals surface area contributed by atoms with Crippen LogP contribution in [0, 0.1) is 23.4 Å². The predicted octanol–water partition coefficient (Wildman–Crippen LogP) is 6.69. The van der Waals surface area contributed by atoms with Gasteiger partial charge in [0.25, 0.3) is 0 Å². The largest absolute Gasteiger partial charge is 0.508 e. The molecule has 3 atom stereocenters. The van der Waals surface area contributed by atoms with Gasteiger partial charge in [-0.15, -0.1) is 0 Å². The van der Waals surface area contributed by atoms with Gasteiger partial charge in [0.2, 0.25) is 5.91 Å². The number of carbonyl (C=O) groups excluding carboxylic acids is 1. The van der Waals surface area contributed by atoms with Gasteiger partial charge in [0.05, 0.1) is 18.1 Å². The Kier molecular flexibility index (Phi) is 6.72. The third-order valence-corrected chi connectivity index (χ3v) is 6.79. The Bertz CT molecular complexity index is 1390. The number of β-lactam (4-membered cyclic amide) rings is 1. The van der Waals surface area contributed by atoms with Crippen molar-refractivity contribution in [2.45, 2.75) is 25.0 Å². The van der Waals surface area contributed by atoms with Crippen molar-refractivity contribution in [1.82, 2.24) is 0 Å². The van der Waals surface area contributed by atoms with Crippen LogP contribution in [0.2, 0.25) is 0 Å². The van der Waals surface area contributed by atoms with E-state index in [1.807, 2.05) is 12.1 Å². The Balaban J connectivity index is 1.41. The van der Waals surface area contributed by atoms with Crippen molar-refractivity contribution in [3.63, 3.8) is 0 Å². The van der Waals surface area contributed by atoms with Gasteiger partial charge >= 0.3 is 0 Å². The van der Waals surface area contributed by atoms with Crippen LogP contribution in [0.3, 0.4) is 0 Å². The molecule has 1 heterocycles. The first-order valence-corrected chi connectivity index (χ1v) is 11.9. The van der Waals surface area contributed by atoms with E-state index >= 15 is 0 Å². The SMILES string of the molecule is O=C1[C@H](CC[C@H](O)c2ccc(F)cc2)[C@@H](c2ccc(-c3cc(O)cc(F)c3)cc2)N1c1ccc(F)cc1. The number of aliphatic hydroxyl groups excluding tert-OH is 1. The van der Waals surface area contributed by atoms with E-state index in [9.17, 15) is 28.2 Å². The molecule has 0 aromatic heterocycles. The first-order chi connectivity index (χ1) is 17.8. The molecule has 7 heteroatoms. The molecule has 0 saturated carbocycles. The Morgan fingerprint density at radius 2 is 1.38 bits per heavy atom. The number of nitrogens with zero attached hydrogens (tertiary/aromatic N) is 1. The van der Waals surface area contributed by atoms with Crippen molar-refractivity contribution in [3.05, 3.63) is 120 Å². The molecule has 1 fully saturated rings. The molecule has 5 rings (SSSR count). The number of halogens is 3. The Hall–Kier alpha value is -4.10. The molecule has 0 unspecified atom stereocenters. The number of benzene rings is 4. The van der Waals surface area contributed by atoms with E-state index in [0.29, 0.717) is 35.2 Å². The molecule has 0 bridgehead atoms. The molecule has 0 radical (unpaired) electrons. The molecular weight excluding hydrogens is 479 g/mol. The first kappa shape index (κ1) is 24.6. The highest BCUT2D eigenvalue weighted by molar-refractivity contribution is 6.03. The maximum atomic E-state index is 13.8. The average molecular weight is 504 g/mol. The fourth-order valence-corrected chi connectivity index (χ4v) is 4.90. The standard InChI is InChI=1S/C30H24F3NO3/c31-22-7-5-19(6-8-22)28(36)14-13-27-29(34(30(27)37)25-11-9-23(32)10-12-25)20-3-1-18(2-4-20)21-15-24(33)17-26(35)16-21/h1-12,15-17,27-29,35-36H,13-14H2/t27-,28+,29-/m1/s1. The zero-order chi connectivity index (χ0) is 26.1. The molecule has 0 aliphatic carbocycles. The topological polar surface area (TPSA) is 60.8 Å². The van der Waals surface area contributed by atoms with E-state index in [1.54, 1.807) is 29.2 Å². The molecule has 4 aromatic rings. The lowest BCUT2D eigenvalue weighted by Gasteiger charge is -2.48. The molecule has 2 N–H and O–H groups in total. The number of aliphatic hydroxyl groups is 1. The van der Waals surface area contributed by atoms with E-state index in [0.717, 1.165) is 11.6 Å². The molecule has 1 aliphatic heterocycles. The fraction of sp³-hybridized carbons (Fsp3) is 0.167. The molecular formula is C30H24F3NO3. The van der Waals surface area contributed by atoms with E-state index < -0.39 is 29.5 Å². The normalized spacial score (nSPS) is 17.9. The van der Waals surface area contributed by atoms with Crippen molar-refractivity contribution in [2.24, 2.45) is 5.92 Å². The number of hydrogen-bond donors (Lipinski definition) is 2. The number of carbonyl (C=O) groups is 1. The maximum Gasteiger partial charge on any atom is 0.233 e. The van der Waals surface area contributed by atoms with E-state index in [4.69, 9.17) is 0 Å². The van der Waals surface area contributed by atoms with E-state index in [1.165, 1.54) is 48.5 Å². The summed E-state index contributed by atoms with van der Waals surface area (Å²) in [4.78, 5) is 14.8. The van der Waals surface area contributed by atoms with Crippen molar-refractivity contribution in [2.75, 3.05) is 4.90 Å². The third-order valence-electron chi connectivity index (χ3n) is 6.79. The molecule has 4 nitrogen and oxygen atoms in total. The molecule has 1 saturated heterocycles. The Morgan fingerprint density at radius 1 is 0.757 bits per heavy atom. The predicted molar refractivity (Wildman–Crippen MR) is 134 cm³/mol. The summed E-state index contributed by atoms with van der Waals surface area (Å²) in [5, 5.41) is 20.3. The summed E-state index contributed by atoms with van der Waals surface area (Å²) in [6, 6.07) is 22.0. The van der Waals surface area contributed by atoms with Gasteiger partial charge in [-0.1, -0.05) is 36.4 Å². The number of amides is 1. The average Bonchev–Trinajstić information content (AvgIpc) is 2.88. The molecule has 1 amide bonds. The van der Waals surface area contributed by atoms with Crippen LogP contribution in [0.5, 0.6) is 5.75 Å². The summed E-state index contributed by atoms with van der Waals surface area (Å²) >= 11 is 0. The van der Waals surface area contributed by atoms with Crippen LogP contribution in [0.25, 0.3) is 11.1 Å². The van der Waals surface area contributed by atoms with Gasteiger partial charge in [0.1, 0.15) is 23.2 Å². The molecule has 0 spiro atoms. The van der Waals surface area contributed by atoms with Gasteiger partial charge in [-0.2, -0.15) is 0 Å². The monoisotopic (exact) mass is 503 g/mol. The van der Waals surface area contributed by atoms with E-state index in [-0.39, 0.29) is 17.7 Å². The number of hydrogen-bond acceptors (Lipinski definition) is 3. The Morgan fingerprint density at radius 3 is 2.00 bits per heavy atom. The van der Waals surface area contributed by atoms with Gasteiger partial charge in [-0.25, -0.2) is 13.2 Å². The molecule has 37 heavy (non-hydrogen) atoms. The van der Waals surface area contributed by atoms with Gasteiger partial charge in [0.15, 0.2) is 0 Å². The third kappa shape index (κ3) is 5.08. The summed E-state index contributed by atoms with van der Waals surface area (Å²) in [7, 11) is 0. The minimum absolute atomic E-state index is 0.137. The number of aromatic hydroxyl groups is 1. The van der Waals surface area contributed by atoms with Crippen LogP contribution in [0.15, 0.2) is 91.0 Å². The lowest BCUT2D eigenvalue weighted by atomic mass is 9.78. The van der Waals surface area contributed by atoms with Gasteiger partial charge in [0, 0.05) is 11.8 Å². The van der Waals surface area contributed by atoms with Crippen LogP contribution in [0.4, 0.5) is 18.9 Å². The second-order valence-electron chi connectivity index (χ2n) is 9.20. The number of phenols is 1.